The third kappa shape index (κ3) is 2.63. The largest absolute Gasteiger partial charge is 0.411 e. The number of carbonyl (C=O) groups is 1. The summed E-state index contributed by atoms with van der Waals surface area (Å²) in [7, 11) is 0. The molecule has 0 aromatic carbocycles. The zero-order chi connectivity index (χ0) is 14.0. The van der Waals surface area contributed by atoms with Crippen LogP contribution in [0.4, 0.5) is 0 Å². The summed E-state index contributed by atoms with van der Waals surface area (Å²) in [5, 5.41) is 17.8. The summed E-state index contributed by atoms with van der Waals surface area (Å²) in [6, 6.07) is 0. The van der Waals surface area contributed by atoms with Gasteiger partial charge in [0, 0.05) is 23.4 Å². The number of oxime groups is 1. The van der Waals surface area contributed by atoms with E-state index in [9.17, 15) is 4.79 Å². The molecule has 0 aliphatic heterocycles. The minimum atomic E-state index is -0.163. The lowest BCUT2D eigenvalue weighted by molar-refractivity contribution is -0.137. The molecule has 1 amide bonds. The topological polar surface area (TPSA) is 74.6 Å². The van der Waals surface area contributed by atoms with Gasteiger partial charge in [-0.2, -0.15) is 0 Å². The highest BCUT2D eigenvalue weighted by Crippen LogP contribution is 2.51. The molecule has 2 unspecified atom stereocenters. The number of nitrogens with zero attached hydrogens (tertiary/aromatic N) is 2. The lowest BCUT2D eigenvalue weighted by Crippen LogP contribution is -2.54. The van der Waals surface area contributed by atoms with Crippen molar-refractivity contribution >= 4 is 23.0 Å². The van der Waals surface area contributed by atoms with Crippen molar-refractivity contribution in [3.05, 3.63) is 16.6 Å². The van der Waals surface area contributed by atoms with Crippen molar-refractivity contribution in [3.8, 4) is 0 Å². The van der Waals surface area contributed by atoms with Gasteiger partial charge in [0.25, 0.3) is 0 Å². The Hall–Kier alpha value is -1.43. The highest BCUT2D eigenvalue weighted by molar-refractivity contribution is 7.09. The number of hydrogen-bond donors (Lipinski definition) is 2. The van der Waals surface area contributed by atoms with Crippen LogP contribution in [-0.4, -0.2) is 21.8 Å². The number of amides is 1. The van der Waals surface area contributed by atoms with Gasteiger partial charge in [-0.05, 0) is 18.8 Å². The first-order valence-electron chi connectivity index (χ1n) is 6.31. The van der Waals surface area contributed by atoms with E-state index in [1.165, 1.54) is 11.3 Å². The van der Waals surface area contributed by atoms with Crippen molar-refractivity contribution in [2.75, 3.05) is 0 Å². The Balaban J connectivity index is 1.91. The first kappa shape index (κ1) is 14.0. The van der Waals surface area contributed by atoms with E-state index in [1.807, 2.05) is 19.2 Å². The van der Waals surface area contributed by atoms with Gasteiger partial charge in [0.05, 0.1) is 12.3 Å². The Bertz CT molecular complexity index is 482. The van der Waals surface area contributed by atoms with Gasteiger partial charge in [0.2, 0.25) is 5.91 Å². The Morgan fingerprint density at radius 2 is 2.37 bits per heavy atom. The number of rotatable bonds is 4. The molecule has 0 spiro atoms. The highest BCUT2D eigenvalue weighted by atomic mass is 32.1. The minimum absolute atomic E-state index is 0.0332. The number of aromatic nitrogens is 1. The molecule has 0 bridgehead atoms. The molecule has 0 radical (unpaired) electrons. The summed E-state index contributed by atoms with van der Waals surface area (Å²) in [5.74, 6) is 0.199. The van der Waals surface area contributed by atoms with Crippen molar-refractivity contribution in [1.82, 2.24) is 10.3 Å². The van der Waals surface area contributed by atoms with Crippen LogP contribution < -0.4 is 5.32 Å². The molecular weight excluding hydrogens is 262 g/mol. The average molecular weight is 281 g/mol. The van der Waals surface area contributed by atoms with E-state index in [4.69, 9.17) is 5.21 Å². The van der Waals surface area contributed by atoms with Crippen molar-refractivity contribution in [2.24, 2.45) is 22.4 Å². The Kier molecular flexibility index (Phi) is 3.89. The second-order valence-corrected chi connectivity index (χ2v) is 6.53. The van der Waals surface area contributed by atoms with E-state index in [1.54, 1.807) is 13.1 Å². The number of hydrogen-bond acceptors (Lipinski definition) is 5. The van der Waals surface area contributed by atoms with E-state index in [-0.39, 0.29) is 23.2 Å². The standard InChI is InChI=1S/C13H19N3O2S/c1-8(16-18)9-6-10(13(9,2)3)12(17)15-7-11-14-4-5-19-11/h4-5,9-10,18H,6-7H2,1-3H3,(H,15,17). The lowest BCUT2D eigenvalue weighted by Gasteiger charge is -2.50. The van der Waals surface area contributed by atoms with Crippen LogP contribution >= 0.6 is 11.3 Å². The van der Waals surface area contributed by atoms with E-state index < -0.39 is 0 Å². The van der Waals surface area contributed by atoms with Crippen LogP contribution in [0.3, 0.4) is 0 Å². The molecule has 2 N–H and O–H groups in total. The van der Waals surface area contributed by atoms with Gasteiger partial charge in [-0.25, -0.2) is 4.98 Å². The third-order valence-corrected chi connectivity index (χ3v) is 4.92. The molecule has 104 valence electrons. The van der Waals surface area contributed by atoms with Crippen LogP contribution in [0, 0.1) is 17.3 Å². The monoisotopic (exact) mass is 281 g/mol. The van der Waals surface area contributed by atoms with Gasteiger partial charge in [-0.3, -0.25) is 4.79 Å². The van der Waals surface area contributed by atoms with Crippen LogP contribution in [0.5, 0.6) is 0 Å². The summed E-state index contributed by atoms with van der Waals surface area (Å²) >= 11 is 1.53. The quantitative estimate of drug-likeness (QED) is 0.505. The second kappa shape index (κ2) is 5.28. The summed E-state index contributed by atoms with van der Waals surface area (Å²) in [6.45, 7) is 6.38. The minimum Gasteiger partial charge on any atom is -0.411 e. The zero-order valence-corrected chi connectivity index (χ0v) is 12.2. The molecule has 5 nitrogen and oxygen atoms in total. The smallest absolute Gasteiger partial charge is 0.224 e. The van der Waals surface area contributed by atoms with E-state index in [2.05, 4.69) is 15.5 Å². The van der Waals surface area contributed by atoms with Crippen LogP contribution in [0.25, 0.3) is 0 Å². The summed E-state index contributed by atoms with van der Waals surface area (Å²) in [4.78, 5) is 16.3. The van der Waals surface area contributed by atoms with E-state index in [0.29, 0.717) is 12.3 Å². The predicted molar refractivity (Wildman–Crippen MR) is 74.2 cm³/mol. The molecule has 1 aliphatic carbocycles. The lowest BCUT2D eigenvalue weighted by atomic mass is 9.53. The normalized spacial score (nSPS) is 25.7. The first-order valence-corrected chi connectivity index (χ1v) is 7.19. The van der Waals surface area contributed by atoms with Crippen molar-refractivity contribution in [3.63, 3.8) is 0 Å². The maximum absolute atomic E-state index is 12.2. The van der Waals surface area contributed by atoms with Crippen molar-refractivity contribution < 1.29 is 10.0 Å². The number of thiazole rings is 1. The SMILES string of the molecule is CC(=NO)C1CC(C(=O)NCc2nccs2)C1(C)C. The number of nitrogens with one attached hydrogen (secondary N) is 1. The van der Waals surface area contributed by atoms with Crippen LogP contribution in [0.15, 0.2) is 16.7 Å². The predicted octanol–water partition coefficient (Wildman–Crippen LogP) is 2.27. The zero-order valence-electron chi connectivity index (χ0n) is 11.4. The molecule has 1 aromatic rings. The molecule has 1 aliphatic rings. The van der Waals surface area contributed by atoms with E-state index >= 15 is 0 Å². The molecule has 1 fully saturated rings. The van der Waals surface area contributed by atoms with Gasteiger partial charge in [-0.15, -0.1) is 11.3 Å². The van der Waals surface area contributed by atoms with Crippen LogP contribution in [0.1, 0.15) is 32.2 Å². The molecule has 6 heteroatoms. The Morgan fingerprint density at radius 3 is 2.89 bits per heavy atom. The fourth-order valence-corrected chi connectivity index (χ4v) is 3.33. The maximum atomic E-state index is 12.2. The molecule has 0 saturated heterocycles. The molecule has 2 atom stereocenters. The van der Waals surface area contributed by atoms with Crippen molar-refractivity contribution in [1.29, 1.82) is 0 Å². The fraction of sp³-hybridized carbons (Fsp3) is 0.615. The maximum Gasteiger partial charge on any atom is 0.224 e. The average Bonchev–Trinajstić information content (AvgIpc) is 2.88. The Labute approximate surface area is 116 Å². The third-order valence-electron chi connectivity index (χ3n) is 4.14. The molecule has 1 saturated carbocycles. The molecule has 2 rings (SSSR count). The van der Waals surface area contributed by atoms with Gasteiger partial charge in [-0.1, -0.05) is 19.0 Å². The summed E-state index contributed by atoms with van der Waals surface area (Å²) in [5.41, 5.74) is 0.539. The van der Waals surface area contributed by atoms with Crippen LogP contribution in [-0.2, 0) is 11.3 Å². The molecule has 1 heterocycles. The van der Waals surface area contributed by atoms with E-state index in [0.717, 1.165) is 11.4 Å². The molecule has 19 heavy (non-hydrogen) atoms. The van der Waals surface area contributed by atoms with Gasteiger partial charge in [0.15, 0.2) is 0 Å². The highest BCUT2D eigenvalue weighted by Gasteiger charge is 2.52. The van der Waals surface area contributed by atoms with Crippen LogP contribution in [0.2, 0.25) is 0 Å². The van der Waals surface area contributed by atoms with Crippen molar-refractivity contribution in [2.45, 2.75) is 33.7 Å². The number of carbonyl (C=O) groups excluding carboxylic acids is 1. The van der Waals surface area contributed by atoms with Gasteiger partial charge >= 0.3 is 0 Å². The van der Waals surface area contributed by atoms with Gasteiger partial charge < -0.3 is 10.5 Å². The Morgan fingerprint density at radius 1 is 1.63 bits per heavy atom. The van der Waals surface area contributed by atoms with Gasteiger partial charge in [0.1, 0.15) is 5.01 Å². The first-order chi connectivity index (χ1) is 8.96. The molecular formula is C13H19N3O2S. The second-order valence-electron chi connectivity index (χ2n) is 5.55. The molecule has 1 aromatic heterocycles. The summed E-state index contributed by atoms with van der Waals surface area (Å²) < 4.78 is 0. The fourth-order valence-electron chi connectivity index (χ4n) is 2.78. The summed E-state index contributed by atoms with van der Waals surface area (Å²) in [6.07, 6.45) is 2.48.